The number of nitrogens with two attached hydrogens (primary N) is 1. The van der Waals surface area contributed by atoms with Crippen molar-refractivity contribution in [3.63, 3.8) is 0 Å². The summed E-state index contributed by atoms with van der Waals surface area (Å²) in [5, 5.41) is 0.537. The Balaban J connectivity index is 0.00000423. The number of carbonyl (C=O) groups excluding carboxylic acids is 3. The van der Waals surface area contributed by atoms with E-state index < -0.39 is 47.1 Å². The number of hydrogen-bond donors (Lipinski definition) is 2. The summed E-state index contributed by atoms with van der Waals surface area (Å²) < 4.78 is 51.9. The van der Waals surface area contributed by atoms with Crippen molar-refractivity contribution in [1.29, 1.82) is 0 Å². The summed E-state index contributed by atoms with van der Waals surface area (Å²) in [5.74, 6) is -0.970. The summed E-state index contributed by atoms with van der Waals surface area (Å²) in [7, 11) is 0. The van der Waals surface area contributed by atoms with Gasteiger partial charge in [0.2, 0.25) is 5.91 Å². The van der Waals surface area contributed by atoms with Gasteiger partial charge in [0.05, 0.1) is 18.7 Å². The number of pyridine rings is 1. The number of ether oxygens (including phenoxy) is 2. The number of anilines is 1. The lowest BCUT2D eigenvalue weighted by atomic mass is 10.0. The molecule has 0 saturated carbocycles. The maximum atomic E-state index is 13.5. The topological polar surface area (TPSA) is 135 Å². The van der Waals surface area contributed by atoms with Crippen LogP contribution >= 0.6 is 12.4 Å². The van der Waals surface area contributed by atoms with Crippen LogP contribution in [0.1, 0.15) is 32.3 Å². The zero-order valence-electron chi connectivity index (χ0n) is 23.3. The molecule has 0 aliphatic carbocycles. The molecule has 0 radical (unpaired) electrons. The van der Waals surface area contributed by atoms with E-state index in [1.54, 1.807) is 19.9 Å². The highest BCUT2D eigenvalue weighted by molar-refractivity contribution is 5.95. The number of likely N-dealkylation sites (tertiary alicyclic amines) is 1. The number of fused-ring (bicyclic) bond motifs is 1. The standard InChI is InChI=1S/C29H29F3N4O6.ClH/c1-28(2,42-26(39)22-8-5-11-35(22)24(37)14-33)23-15-36(27(40)41-23)17-10-9-16-12-21(34-25(38)19(16)13-17)18-6-3-4-7-20(18)29(30,31)32;/h3-4,6-7,9-10,12-13,22-23H,5,8,11,14-15,33H2,1-2H3,(H,34,38);1H/t22-,23-;/m0./s1. The first kappa shape index (κ1) is 31.8. The monoisotopic (exact) mass is 622 g/mol. The van der Waals surface area contributed by atoms with Crippen LogP contribution in [0, 0.1) is 0 Å². The van der Waals surface area contributed by atoms with Gasteiger partial charge in [0.15, 0.2) is 6.10 Å². The van der Waals surface area contributed by atoms with E-state index in [1.165, 1.54) is 46.2 Å². The SMILES string of the molecule is CC(C)(OC(=O)[C@@H]1CCCN1C(=O)CN)[C@@H]1CN(c2ccc3cc(-c4ccccc4C(F)(F)F)[nH]c(=O)c3c2)C(=O)O1.Cl. The van der Waals surface area contributed by atoms with Crippen molar-refractivity contribution < 1.29 is 37.0 Å². The highest BCUT2D eigenvalue weighted by atomic mass is 35.5. The molecule has 3 N–H and O–H groups in total. The summed E-state index contributed by atoms with van der Waals surface area (Å²) in [5.41, 5.74) is 2.86. The van der Waals surface area contributed by atoms with E-state index in [1.807, 2.05) is 0 Å². The Labute approximate surface area is 250 Å². The predicted molar refractivity (Wildman–Crippen MR) is 154 cm³/mol. The second-order valence-corrected chi connectivity index (χ2v) is 10.8. The lowest BCUT2D eigenvalue weighted by Gasteiger charge is -2.32. The molecule has 0 bridgehead atoms. The molecule has 2 fully saturated rings. The number of H-pyrrole nitrogens is 1. The first-order valence-corrected chi connectivity index (χ1v) is 13.3. The van der Waals surface area contributed by atoms with Gasteiger partial charge in [0.1, 0.15) is 11.6 Å². The van der Waals surface area contributed by atoms with Gasteiger partial charge >= 0.3 is 18.2 Å². The van der Waals surface area contributed by atoms with E-state index in [-0.39, 0.29) is 48.0 Å². The lowest BCUT2D eigenvalue weighted by Crippen LogP contribution is -2.49. The normalized spacial score (nSPS) is 18.9. The number of halogens is 4. The highest BCUT2D eigenvalue weighted by Crippen LogP contribution is 2.37. The molecule has 2 aromatic carbocycles. The first-order valence-electron chi connectivity index (χ1n) is 13.3. The quantitative estimate of drug-likeness (QED) is 0.393. The molecule has 2 atom stereocenters. The van der Waals surface area contributed by atoms with Crippen LogP contribution in [0.3, 0.4) is 0 Å². The molecule has 0 spiro atoms. The van der Waals surface area contributed by atoms with Gasteiger partial charge < -0.3 is 25.1 Å². The lowest BCUT2D eigenvalue weighted by molar-refractivity contribution is -0.172. The molecule has 2 amide bonds. The second kappa shape index (κ2) is 11.9. The van der Waals surface area contributed by atoms with Gasteiger partial charge in [-0.05, 0) is 56.3 Å². The Morgan fingerprint density at radius 3 is 2.53 bits per heavy atom. The van der Waals surface area contributed by atoms with Gasteiger partial charge in [-0.1, -0.05) is 24.3 Å². The number of cyclic esters (lactones) is 1. The molecular weight excluding hydrogens is 593 g/mol. The maximum absolute atomic E-state index is 13.5. The fourth-order valence-electron chi connectivity index (χ4n) is 5.38. The molecule has 43 heavy (non-hydrogen) atoms. The number of hydrogen-bond acceptors (Lipinski definition) is 7. The number of carbonyl (C=O) groups is 3. The molecule has 5 rings (SSSR count). The van der Waals surface area contributed by atoms with Gasteiger partial charge in [-0.2, -0.15) is 13.2 Å². The van der Waals surface area contributed by atoms with Crippen molar-refractivity contribution in [3.8, 4) is 11.3 Å². The Hall–Kier alpha value is -4.10. The number of benzene rings is 2. The number of alkyl halides is 3. The number of esters is 1. The number of nitrogens with one attached hydrogen (secondary N) is 1. The maximum Gasteiger partial charge on any atom is 0.417 e. The minimum absolute atomic E-state index is 0. The minimum Gasteiger partial charge on any atom is -0.454 e. The van der Waals surface area contributed by atoms with Crippen molar-refractivity contribution in [3.05, 3.63) is 64.4 Å². The summed E-state index contributed by atoms with van der Waals surface area (Å²) in [6.07, 6.45) is -5.14. The Morgan fingerprint density at radius 1 is 1.12 bits per heavy atom. The van der Waals surface area contributed by atoms with Crippen LogP contribution in [0.5, 0.6) is 0 Å². The van der Waals surface area contributed by atoms with Crippen LogP contribution in [0.15, 0.2) is 53.3 Å². The molecule has 1 aromatic heterocycles. The smallest absolute Gasteiger partial charge is 0.417 e. The van der Waals surface area contributed by atoms with Gasteiger partial charge in [-0.25, -0.2) is 9.59 Å². The van der Waals surface area contributed by atoms with E-state index >= 15 is 0 Å². The van der Waals surface area contributed by atoms with E-state index in [9.17, 15) is 32.3 Å². The number of aromatic nitrogens is 1. The third-order valence-electron chi connectivity index (χ3n) is 7.63. The summed E-state index contributed by atoms with van der Waals surface area (Å²) >= 11 is 0. The Morgan fingerprint density at radius 2 is 1.84 bits per heavy atom. The van der Waals surface area contributed by atoms with Crippen LogP contribution in [0.4, 0.5) is 23.7 Å². The average Bonchev–Trinajstić information content (AvgIpc) is 3.59. The van der Waals surface area contributed by atoms with Gasteiger partial charge in [0.25, 0.3) is 5.56 Å². The third kappa shape index (κ3) is 6.18. The molecule has 2 aliphatic rings. The molecule has 0 unspecified atom stereocenters. The number of rotatable bonds is 6. The average molecular weight is 623 g/mol. The molecule has 3 aromatic rings. The number of nitrogens with zero attached hydrogens (tertiary/aromatic N) is 2. The van der Waals surface area contributed by atoms with Crippen LogP contribution in [-0.2, 0) is 25.2 Å². The van der Waals surface area contributed by atoms with E-state index in [2.05, 4.69) is 4.98 Å². The van der Waals surface area contributed by atoms with E-state index in [0.29, 0.717) is 30.5 Å². The molecule has 3 heterocycles. The third-order valence-corrected chi connectivity index (χ3v) is 7.63. The zero-order valence-corrected chi connectivity index (χ0v) is 24.1. The van der Waals surface area contributed by atoms with Crippen LogP contribution < -0.4 is 16.2 Å². The molecule has 2 saturated heterocycles. The van der Waals surface area contributed by atoms with Gasteiger partial charge in [0, 0.05) is 28.9 Å². The van der Waals surface area contributed by atoms with Crippen molar-refractivity contribution in [1.82, 2.24) is 9.88 Å². The highest BCUT2D eigenvalue weighted by Gasteiger charge is 2.46. The predicted octanol–water partition coefficient (Wildman–Crippen LogP) is 4.23. The molecule has 14 heteroatoms. The van der Waals surface area contributed by atoms with Crippen LogP contribution in [0.25, 0.3) is 22.0 Å². The van der Waals surface area contributed by atoms with E-state index in [4.69, 9.17) is 15.2 Å². The first-order chi connectivity index (χ1) is 19.8. The molecule has 2 aliphatic heterocycles. The zero-order chi connectivity index (χ0) is 30.4. The Kier molecular flexibility index (Phi) is 8.80. The minimum atomic E-state index is -4.61. The fraction of sp³-hybridized carbons (Fsp3) is 0.379. The van der Waals surface area contributed by atoms with E-state index in [0.717, 1.165) is 6.07 Å². The van der Waals surface area contributed by atoms with Gasteiger partial charge in [-0.15, -0.1) is 12.4 Å². The van der Waals surface area contributed by atoms with Crippen LogP contribution in [-0.4, -0.2) is 65.2 Å². The van der Waals surface area contributed by atoms with Crippen LogP contribution in [0.2, 0.25) is 0 Å². The second-order valence-electron chi connectivity index (χ2n) is 10.8. The molecule has 10 nitrogen and oxygen atoms in total. The fourth-order valence-corrected chi connectivity index (χ4v) is 5.38. The Bertz CT molecular complexity index is 1630. The van der Waals surface area contributed by atoms with Gasteiger partial charge in [-0.3, -0.25) is 14.5 Å². The van der Waals surface area contributed by atoms with Crippen molar-refractivity contribution in [2.24, 2.45) is 5.73 Å². The van der Waals surface area contributed by atoms with Crippen molar-refractivity contribution >= 4 is 46.8 Å². The molecule has 230 valence electrons. The number of amides is 2. The van der Waals surface area contributed by atoms with Crippen molar-refractivity contribution in [2.45, 2.75) is 50.6 Å². The summed E-state index contributed by atoms with van der Waals surface area (Å²) in [6, 6.07) is 10.2. The largest absolute Gasteiger partial charge is 0.454 e. The van der Waals surface area contributed by atoms with Crippen molar-refractivity contribution in [2.75, 3.05) is 24.5 Å². The summed E-state index contributed by atoms with van der Waals surface area (Å²) in [6.45, 7) is 3.37. The summed E-state index contributed by atoms with van der Waals surface area (Å²) in [4.78, 5) is 56.1. The number of aromatic amines is 1. The molecular formula is C29H30ClF3N4O6.